The second-order valence-electron chi connectivity index (χ2n) is 7.89. The van der Waals surface area contributed by atoms with Gasteiger partial charge in [0, 0.05) is 51.1 Å². The first-order valence-electron chi connectivity index (χ1n) is 9.69. The lowest BCUT2D eigenvalue weighted by molar-refractivity contribution is -0.155. The highest BCUT2D eigenvalue weighted by Crippen LogP contribution is 2.41. The summed E-state index contributed by atoms with van der Waals surface area (Å²) in [4.78, 5) is 29.5. The average molecular weight is 382 g/mol. The number of amides is 2. The van der Waals surface area contributed by atoms with Crippen LogP contribution in [0.5, 0.6) is 0 Å². The molecule has 1 aromatic carbocycles. The van der Waals surface area contributed by atoms with Gasteiger partial charge >= 0.3 is 0 Å². The van der Waals surface area contributed by atoms with Crippen molar-refractivity contribution in [3.05, 3.63) is 42.2 Å². The summed E-state index contributed by atoms with van der Waals surface area (Å²) < 4.78 is 5.55. The van der Waals surface area contributed by atoms with Crippen LogP contribution >= 0.6 is 0 Å². The van der Waals surface area contributed by atoms with E-state index in [0.717, 1.165) is 17.5 Å². The van der Waals surface area contributed by atoms with Crippen LogP contribution in [0, 0.1) is 5.41 Å². The number of hydrogen-bond donors (Lipinski definition) is 1. The third-order valence-corrected chi connectivity index (χ3v) is 6.18. The van der Waals surface area contributed by atoms with Crippen molar-refractivity contribution >= 4 is 11.8 Å². The van der Waals surface area contributed by atoms with Crippen molar-refractivity contribution in [2.24, 2.45) is 5.41 Å². The van der Waals surface area contributed by atoms with Crippen LogP contribution in [0.1, 0.15) is 29.6 Å². The molecule has 2 amide bonds. The van der Waals surface area contributed by atoms with E-state index in [4.69, 9.17) is 4.74 Å². The maximum Gasteiger partial charge on any atom is 0.253 e. The number of likely N-dealkylation sites (tertiary alicyclic amines) is 2. The van der Waals surface area contributed by atoms with Gasteiger partial charge in [0.1, 0.15) is 0 Å². The molecule has 3 heterocycles. The van der Waals surface area contributed by atoms with Crippen molar-refractivity contribution in [2.75, 3.05) is 33.8 Å². The molecule has 1 spiro atoms. The highest BCUT2D eigenvalue weighted by atomic mass is 16.5. The molecule has 2 fully saturated rings. The maximum atomic E-state index is 13.0. The summed E-state index contributed by atoms with van der Waals surface area (Å²) in [6.07, 6.45) is 5.73. The Morgan fingerprint density at radius 3 is 2.75 bits per heavy atom. The second-order valence-corrected chi connectivity index (χ2v) is 7.89. The topological polar surface area (TPSA) is 78.5 Å². The molecule has 2 saturated heterocycles. The van der Waals surface area contributed by atoms with Crippen molar-refractivity contribution in [3.63, 3.8) is 0 Å². The van der Waals surface area contributed by atoms with Gasteiger partial charge in [-0.2, -0.15) is 5.10 Å². The Hall–Kier alpha value is -2.67. The molecule has 2 aromatic rings. The summed E-state index contributed by atoms with van der Waals surface area (Å²) in [5.41, 5.74) is 2.17. The van der Waals surface area contributed by atoms with Gasteiger partial charge in [-0.3, -0.25) is 14.7 Å². The third-order valence-electron chi connectivity index (χ3n) is 6.18. The Morgan fingerprint density at radius 1 is 1.29 bits per heavy atom. The predicted octanol–water partition coefficient (Wildman–Crippen LogP) is 2.18. The van der Waals surface area contributed by atoms with Crippen LogP contribution in [-0.4, -0.2) is 71.7 Å². The first-order valence-corrected chi connectivity index (χ1v) is 9.69. The number of hydrogen-bond acceptors (Lipinski definition) is 4. The molecule has 0 radical (unpaired) electrons. The number of ether oxygens (including phenoxy) is 1. The summed E-state index contributed by atoms with van der Waals surface area (Å²) in [5.74, 6) is 0.204. The Balaban J connectivity index is 1.47. The highest BCUT2D eigenvalue weighted by Gasteiger charge is 2.48. The minimum absolute atomic E-state index is 0.0140. The van der Waals surface area contributed by atoms with Crippen molar-refractivity contribution in [2.45, 2.75) is 25.4 Å². The number of benzene rings is 1. The van der Waals surface area contributed by atoms with Crippen LogP contribution in [0.4, 0.5) is 0 Å². The zero-order valence-electron chi connectivity index (χ0n) is 16.4. The molecular weight excluding hydrogens is 356 g/mol. The third kappa shape index (κ3) is 3.30. The first-order chi connectivity index (χ1) is 13.5. The molecule has 148 valence electrons. The number of methoxy groups -OCH3 is 1. The first kappa shape index (κ1) is 18.7. The summed E-state index contributed by atoms with van der Waals surface area (Å²) in [7, 11) is 3.54. The van der Waals surface area contributed by atoms with Gasteiger partial charge < -0.3 is 14.5 Å². The number of nitrogens with one attached hydrogen (secondary N) is 1. The van der Waals surface area contributed by atoms with E-state index < -0.39 is 5.41 Å². The zero-order valence-corrected chi connectivity index (χ0v) is 16.4. The normalized spacial score (nSPS) is 21.9. The van der Waals surface area contributed by atoms with Crippen molar-refractivity contribution in [1.29, 1.82) is 0 Å². The Morgan fingerprint density at radius 2 is 2.07 bits per heavy atom. The highest BCUT2D eigenvalue weighted by molar-refractivity contribution is 5.95. The number of H-pyrrole nitrogens is 1. The largest absolute Gasteiger partial charge is 0.380 e. The Labute approximate surface area is 164 Å². The van der Waals surface area contributed by atoms with Crippen LogP contribution in [-0.2, 0) is 9.53 Å². The monoisotopic (exact) mass is 382 g/mol. The number of nitrogens with zero attached hydrogens (tertiary/aromatic N) is 3. The Bertz CT molecular complexity index is 856. The molecule has 7 heteroatoms. The smallest absolute Gasteiger partial charge is 0.253 e. The van der Waals surface area contributed by atoms with Gasteiger partial charge in [-0.05, 0) is 37.0 Å². The number of aromatic amines is 1. The molecule has 1 aromatic heterocycles. The molecule has 1 N–H and O–H groups in total. The number of aromatic nitrogens is 2. The van der Waals surface area contributed by atoms with Crippen molar-refractivity contribution in [3.8, 4) is 11.1 Å². The SMILES string of the molecule is COC1CN(C)C(=O)C2(CCN(C(=O)c3cccc(-c4cn[nH]c4)c3)CC2)C1. The van der Waals surface area contributed by atoms with Crippen LogP contribution < -0.4 is 0 Å². The summed E-state index contributed by atoms with van der Waals surface area (Å²) in [5, 5.41) is 6.77. The van der Waals surface area contributed by atoms with Gasteiger partial charge in [-0.15, -0.1) is 0 Å². The lowest BCUT2D eigenvalue weighted by atomic mass is 9.71. The zero-order chi connectivity index (χ0) is 19.7. The molecule has 1 unspecified atom stereocenters. The van der Waals surface area contributed by atoms with Crippen molar-refractivity contribution in [1.82, 2.24) is 20.0 Å². The van der Waals surface area contributed by atoms with E-state index in [0.29, 0.717) is 38.0 Å². The number of rotatable bonds is 3. The van der Waals surface area contributed by atoms with E-state index in [2.05, 4.69) is 10.2 Å². The fourth-order valence-corrected chi connectivity index (χ4v) is 4.52. The van der Waals surface area contributed by atoms with E-state index in [1.165, 1.54) is 0 Å². The standard InChI is InChI=1S/C21H26N4O3/c1-24-14-18(28-2)11-21(20(24)27)6-8-25(9-7-21)19(26)16-5-3-4-15(10-16)17-12-22-23-13-17/h3-5,10,12-13,18H,6-9,11,14H2,1-2H3,(H,22,23). The molecule has 7 nitrogen and oxygen atoms in total. The number of piperidine rings is 2. The molecule has 2 aliphatic rings. The van der Waals surface area contributed by atoms with Gasteiger partial charge in [0.15, 0.2) is 0 Å². The lowest BCUT2D eigenvalue weighted by Gasteiger charge is -2.47. The summed E-state index contributed by atoms with van der Waals surface area (Å²) >= 11 is 0. The van der Waals surface area contributed by atoms with E-state index in [9.17, 15) is 9.59 Å². The molecule has 1 atom stereocenters. The molecule has 0 saturated carbocycles. The minimum Gasteiger partial charge on any atom is -0.380 e. The fraction of sp³-hybridized carbons (Fsp3) is 0.476. The van der Waals surface area contributed by atoms with E-state index in [-0.39, 0.29) is 17.9 Å². The molecule has 2 aliphatic heterocycles. The molecule has 28 heavy (non-hydrogen) atoms. The second kappa shape index (κ2) is 7.39. The summed E-state index contributed by atoms with van der Waals surface area (Å²) in [6, 6.07) is 7.60. The quantitative estimate of drug-likeness (QED) is 0.883. The Kier molecular flexibility index (Phi) is 4.93. The predicted molar refractivity (Wildman–Crippen MR) is 105 cm³/mol. The average Bonchev–Trinajstić information content (AvgIpc) is 3.27. The van der Waals surface area contributed by atoms with Crippen LogP contribution in [0.15, 0.2) is 36.7 Å². The lowest BCUT2D eigenvalue weighted by Crippen LogP contribution is -2.57. The minimum atomic E-state index is -0.400. The van der Waals surface area contributed by atoms with E-state index in [1.54, 1.807) is 18.2 Å². The van der Waals surface area contributed by atoms with E-state index in [1.807, 2.05) is 42.4 Å². The van der Waals surface area contributed by atoms with Gasteiger partial charge in [0.25, 0.3) is 5.91 Å². The molecule has 0 aliphatic carbocycles. The van der Waals surface area contributed by atoms with Crippen LogP contribution in [0.3, 0.4) is 0 Å². The molecular formula is C21H26N4O3. The van der Waals surface area contributed by atoms with Gasteiger partial charge in [0.2, 0.25) is 5.91 Å². The van der Waals surface area contributed by atoms with Crippen LogP contribution in [0.25, 0.3) is 11.1 Å². The van der Waals surface area contributed by atoms with Crippen molar-refractivity contribution < 1.29 is 14.3 Å². The van der Waals surface area contributed by atoms with Gasteiger partial charge in [0.05, 0.1) is 17.7 Å². The molecule has 0 bridgehead atoms. The fourth-order valence-electron chi connectivity index (χ4n) is 4.52. The number of likely N-dealkylation sites (N-methyl/N-ethyl adjacent to an activating group) is 1. The maximum absolute atomic E-state index is 13.0. The number of carbonyl (C=O) groups is 2. The van der Waals surface area contributed by atoms with Gasteiger partial charge in [-0.25, -0.2) is 0 Å². The summed E-state index contributed by atoms with van der Waals surface area (Å²) in [6.45, 7) is 1.82. The number of carbonyl (C=O) groups excluding carboxylic acids is 2. The molecule has 4 rings (SSSR count). The van der Waals surface area contributed by atoms with E-state index >= 15 is 0 Å². The van der Waals surface area contributed by atoms with Crippen LogP contribution in [0.2, 0.25) is 0 Å². The van der Waals surface area contributed by atoms with Gasteiger partial charge in [-0.1, -0.05) is 12.1 Å².